The van der Waals surface area contributed by atoms with Gasteiger partial charge in [-0.05, 0) is 36.2 Å². The van der Waals surface area contributed by atoms with Crippen molar-refractivity contribution in [3.8, 4) is 0 Å². The van der Waals surface area contributed by atoms with Gasteiger partial charge < -0.3 is 9.15 Å². The number of methoxy groups -OCH3 is 1. The van der Waals surface area contributed by atoms with Crippen LogP contribution in [0.4, 0.5) is 0 Å². The van der Waals surface area contributed by atoms with Crippen LogP contribution >= 0.6 is 0 Å². The van der Waals surface area contributed by atoms with E-state index in [1.54, 1.807) is 37.5 Å². The number of carbonyl (C=O) groups is 1. The molecule has 0 bridgehead atoms. The Bertz CT molecular complexity index is 1200. The molecule has 0 unspecified atom stereocenters. The summed E-state index contributed by atoms with van der Waals surface area (Å²) in [5, 5.41) is 17.7. The molecule has 1 atom stereocenters. The molecule has 10 heteroatoms. The van der Waals surface area contributed by atoms with Crippen molar-refractivity contribution in [2.75, 3.05) is 7.11 Å². The van der Waals surface area contributed by atoms with Gasteiger partial charge in [0, 0.05) is 16.3 Å². The first-order chi connectivity index (χ1) is 13.7. The SMILES string of the molecule is COC(=O)[C@H](NS(=O)(=O)c1ccc2oc3cc(C(=N)NO)ccc3c2c1)C(C)C. The van der Waals surface area contributed by atoms with E-state index in [1.807, 2.05) is 0 Å². The van der Waals surface area contributed by atoms with E-state index in [4.69, 9.17) is 15.0 Å². The molecule has 0 spiro atoms. The van der Waals surface area contributed by atoms with Gasteiger partial charge in [0.2, 0.25) is 10.0 Å². The van der Waals surface area contributed by atoms with Crippen LogP contribution in [-0.4, -0.2) is 38.6 Å². The quantitative estimate of drug-likeness (QED) is 0.208. The lowest BCUT2D eigenvalue weighted by Crippen LogP contribution is -2.44. The van der Waals surface area contributed by atoms with E-state index < -0.39 is 22.0 Å². The van der Waals surface area contributed by atoms with Crippen molar-refractivity contribution in [1.82, 2.24) is 10.2 Å². The van der Waals surface area contributed by atoms with Crippen LogP contribution in [0.25, 0.3) is 21.9 Å². The monoisotopic (exact) mass is 419 g/mol. The summed E-state index contributed by atoms with van der Waals surface area (Å²) in [5.41, 5.74) is 3.08. The lowest BCUT2D eigenvalue weighted by atomic mass is 10.1. The molecule has 154 valence electrons. The van der Waals surface area contributed by atoms with Gasteiger partial charge in [-0.25, -0.2) is 8.42 Å². The molecule has 1 heterocycles. The van der Waals surface area contributed by atoms with Gasteiger partial charge in [0.05, 0.1) is 12.0 Å². The van der Waals surface area contributed by atoms with E-state index in [0.29, 0.717) is 27.5 Å². The minimum absolute atomic E-state index is 0.0175. The molecule has 0 aliphatic heterocycles. The molecule has 0 amide bonds. The number of ether oxygens (including phenoxy) is 1. The van der Waals surface area contributed by atoms with Gasteiger partial charge in [-0.2, -0.15) is 4.72 Å². The van der Waals surface area contributed by atoms with Crippen LogP contribution < -0.4 is 10.2 Å². The Morgan fingerprint density at radius 2 is 1.86 bits per heavy atom. The fourth-order valence-electron chi connectivity index (χ4n) is 2.96. The normalized spacial score (nSPS) is 13.0. The summed E-state index contributed by atoms with van der Waals surface area (Å²) in [6.45, 7) is 3.43. The van der Waals surface area contributed by atoms with Gasteiger partial charge >= 0.3 is 5.97 Å². The van der Waals surface area contributed by atoms with Gasteiger partial charge in [0.15, 0.2) is 0 Å². The van der Waals surface area contributed by atoms with Crippen molar-refractivity contribution < 1.29 is 27.6 Å². The van der Waals surface area contributed by atoms with Crippen LogP contribution in [0, 0.1) is 11.3 Å². The molecule has 29 heavy (non-hydrogen) atoms. The number of hydrogen-bond acceptors (Lipinski definition) is 7. The summed E-state index contributed by atoms with van der Waals surface area (Å²) in [7, 11) is -2.79. The molecule has 3 aromatic rings. The zero-order valence-corrected chi connectivity index (χ0v) is 16.8. The second-order valence-electron chi connectivity index (χ2n) is 6.82. The molecular formula is C19H21N3O6S. The zero-order valence-electron chi connectivity index (χ0n) is 16.0. The van der Waals surface area contributed by atoms with E-state index in [1.165, 1.54) is 25.3 Å². The molecule has 0 fully saturated rings. The van der Waals surface area contributed by atoms with Crippen LogP contribution in [0.15, 0.2) is 45.7 Å². The Morgan fingerprint density at radius 3 is 2.48 bits per heavy atom. The largest absolute Gasteiger partial charge is 0.468 e. The molecule has 3 rings (SSSR count). The molecule has 2 aromatic carbocycles. The maximum absolute atomic E-state index is 12.8. The first-order valence-corrected chi connectivity index (χ1v) is 10.2. The fourth-order valence-corrected chi connectivity index (χ4v) is 4.32. The van der Waals surface area contributed by atoms with Crippen molar-refractivity contribution in [1.29, 1.82) is 5.41 Å². The third-order valence-electron chi connectivity index (χ3n) is 4.56. The smallest absolute Gasteiger partial charge is 0.324 e. The van der Waals surface area contributed by atoms with Crippen LogP contribution in [0.2, 0.25) is 0 Å². The molecule has 9 nitrogen and oxygen atoms in total. The number of carbonyl (C=O) groups excluding carboxylic acids is 1. The number of nitrogens with one attached hydrogen (secondary N) is 3. The third kappa shape index (κ3) is 3.95. The van der Waals surface area contributed by atoms with Gasteiger partial charge in [-0.3, -0.25) is 20.9 Å². The minimum Gasteiger partial charge on any atom is -0.468 e. The van der Waals surface area contributed by atoms with E-state index >= 15 is 0 Å². The van der Waals surface area contributed by atoms with Crippen molar-refractivity contribution in [2.24, 2.45) is 5.92 Å². The highest BCUT2D eigenvalue weighted by Crippen LogP contribution is 2.31. The summed E-state index contributed by atoms with van der Waals surface area (Å²) in [6, 6.07) is 8.22. The second-order valence-corrected chi connectivity index (χ2v) is 8.54. The summed E-state index contributed by atoms with van der Waals surface area (Å²) >= 11 is 0. The summed E-state index contributed by atoms with van der Waals surface area (Å²) in [4.78, 5) is 11.9. The molecule has 0 aliphatic carbocycles. The number of fused-ring (bicyclic) bond motifs is 3. The summed E-state index contributed by atoms with van der Waals surface area (Å²) in [5.74, 6) is -1.15. The summed E-state index contributed by atoms with van der Waals surface area (Å²) in [6.07, 6.45) is 0. The number of rotatable bonds is 6. The highest BCUT2D eigenvalue weighted by atomic mass is 32.2. The Kier molecular flexibility index (Phi) is 5.60. The first-order valence-electron chi connectivity index (χ1n) is 8.73. The number of sulfonamides is 1. The lowest BCUT2D eigenvalue weighted by Gasteiger charge is -2.19. The van der Waals surface area contributed by atoms with Crippen LogP contribution in [0.5, 0.6) is 0 Å². The molecule has 0 saturated carbocycles. The number of esters is 1. The third-order valence-corrected chi connectivity index (χ3v) is 6.00. The predicted octanol–water partition coefficient (Wildman–Crippen LogP) is 2.37. The topological polar surface area (TPSA) is 142 Å². The Balaban J connectivity index is 2.05. The van der Waals surface area contributed by atoms with Crippen molar-refractivity contribution in [2.45, 2.75) is 24.8 Å². The van der Waals surface area contributed by atoms with E-state index in [-0.39, 0.29) is 16.6 Å². The standard InChI is InChI=1S/C19H21N3O6S/c1-10(2)17(19(23)27-3)22-29(25,26)12-5-7-15-14(9-12)13-6-4-11(18(20)21-24)8-16(13)28-15/h4-10,17,22,24H,1-3H3,(H2,20,21)/t17-/m1/s1. The average Bonchev–Trinajstić information content (AvgIpc) is 3.07. The van der Waals surface area contributed by atoms with Crippen LogP contribution in [0.3, 0.4) is 0 Å². The van der Waals surface area contributed by atoms with Crippen LogP contribution in [0.1, 0.15) is 19.4 Å². The minimum atomic E-state index is -3.99. The zero-order chi connectivity index (χ0) is 21.3. The summed E-state index contributed by atoms with van der Waals surface area (Å²) < 4.78 is 38.5. The van der Waals surface area contributed by atoms with Gasteiger partial charge in [0.25, 0.3) is 0 Å². The van der Waals surface area contributed by atoms with Crippen molar-refractivity contribution in [3.05, 3.63) is 42.0 Å². The van der Waals surface area contributed by atoms with E-state index in [2.05, 4.69) is 9.46 Å². The molecule has 0 radical (unpaired) electrons. The number of furan rings is 1. The van der Waals surface area contributed by atoms with Crippen molar-refractivity contribution in [3.63, 3.8) is 0 Å². The highest BCUT2D eigenvalue weighted by molar-refractivity contribution is 7.89. The van der Waals surface area contributed by atoms with Crippen molar-refractivity contribution >= 4 is 43.8 Å². The van der Waals surface area contributed by atoms with Gasteiger partial charge in [-0.15, -0.1) is 0 Å². The first kappa shape index (κ1) is 20.8. The van der Waals surface area contributed by atoms with Gasteiger partial charge in [0.1, 0.15) is 23.0 Å². The number of benzene rings is 2. The number of hydrogen-bond donors (Lipinski definition) is 4. The Hall–Kier alpha value is -2.95. The number of hydroxylamine groups is 1. The number of amidine groups is 1. The Morgan fingerprint density at radius 1 is 1.14 bits per heavy atom. The van der Waals surface area contributed by atoms with Crippen LogP contribution in [-0.2, 0) is 19.6 Å². The molecule has 0 aliphatic rings. The van der Waals surface area contributed by atoms with E-state index in [9.17, 15) is 13.2 Å². The molecule has 1 aromatic heterocycles. The average molecular weight is 419 g/mol. The highest BCUT2D eigenvalue weighted by Gasteiger charge is 2.29. The van der Waals surface area contributed by atoms with Gasteiger partial charge in [-0.1, -0.05) is 19.9 Å². The predicted molar refractivity (Wildman–Crippen MR) is 106 cm³/mol. The maximum atomic E-state index is 12.8. The maximum Gasteiger partial charge on any atom is 0.324 e. The second kappa shape index (κ2) is 7.82. The Labute approximate surface area is 167 Å². The fraction of sp³-hybridized carbons (Fsp3) is 0.263. The van der Waals surface area contributed by atoms with E-state index in [0.717, 1.165) is 0 Å². The lowest BCUT2D eigenvalue weighted by molar-refractivity contribution is -0.143. The molecule has 0 saturated heterocycles. The molecular weight excluding hydrogens is 398 g/mol. The molecule has 4 N–H and O–H groups in total.